The van der Waals surface area contributed by atoms with Gasteiger partial charge >= 0.3 is 5.69 Å². The van der Waals surface area contributed by atoms with Gasteiger partial charge in [-0.25, -0.2) is 9.78 Å². The molecule has 0 fully saturated rings. The van der Waals surface area contributed by atoms with Crippen LogP contribution in [0.1, 0.15) is 6.42 Å². The van der Waals surface area contributed by atoms with Gasteiger partial charge < -0.3 is 15.2 Å². The first-order chi connectivity index (χ1) is 11.8. The van der Waals surface area contributed by atoms with Crippen molar-refractivity contribution in [2.75, 3.05) is 23.4 Å². The third-order valence-electron chi connectivity index (χ3n) is 4.22. The number of hydrogen-bond acceptors (Lipinski definition) is 5. The highest BCUT2D eigenvalue weighted by Gasteiger charge is 2.30. The van der Waals surface area contributed by atoms with Crippen LogP contribution in [0.4, 0.5) is 15.9 Å². The number of aromatic amines is 1. The van der Waals surface area contributed by atoms with E-state index in [2.05, 4.69) is 20.3 Å². The Balaban J connectivity index is 1.68. The largest absolute Gasteiger partial charge is 0.361 e. The second kappa shape index (κ2) is 5.95. The van der Waals surface area contributed by atoms with E-state index in [0.717, 1.165) is 17.0 Å². The Labute approximate surface area is 137 Å². The number of imidazole rings is 1. The van der Waals surface area contributed by atoms with Gasteiger partial charge in [-0.1, -0.05) is 0 Å². The monoisotopic (exact) mass is 328 g/mol. The molecular formula is C16H17FN6O. The first-order valence-corrected chi connectivity index (χ1v) is 7.84. The molecule has 0 saturated heterocycles. The maximum absolute atomic E-state index is 12.7. The molecule has 1 aliphatic heterocycles. The van der Waals surface area contributed by atoms with E-state index in [-0.39, 0.29) is 18.5 Å². The molecule has 4 rings (SSSR count). The first-order valence-electron chi connectivity index (χ1n) is 7.84. The predicted molar refractivity (Wildman–Crippen MR) is 89.9 cm³/mol. The Morgan fingerprint density at radius 2 is 2.21 bits per heavy atom. The third-order valence-corrected chi connectivity index (χ3v) is 4.22. The molecule has 24 heavy (non-hydrogen) atoms. The molecule has 1 atom stereocenters. The molecule has 8 heteroatoms. The molecule has 0 amide bonds. The quantitative estimate of drug-likeness (QED) is 0.746. The summed E-state index contributed by atoms with van der Waals surface area (Å²) in [5, 5.41) is 3.38. The molecule has 0 spiro atoms. The molecule has 1 aliphatic rings. The van der Waals surface area contributed by atoms with Crippen LogP contribution in [0, 0.1) is 0 Å². The lowest BCUT2D eigenvalue weighted by Gasteiger charge is -2.26. The maximum Gasteiger partial charge on any atom is 0.326 e. The molecule has 124 valence electrons. The van der Waals surface area contributed by atoms with Gasteiger partial charge in [0.1, 0.15) is 6.17 Å². The molecule has 1 unspecified atom stereocenters. The number of H-pyrrole nitrogens is 1. The summed E-state index contributed by atoms with van der Waals surface area (Å²) in [5.74, 6) is 0.797. The van der Waals surface area contributed by atoms with Gasteiger partial charge in [0, 0.05) is 18.9 Å². The van der Waals surface area contributed by atoms with Crippen LogP contribution in [0.5, 0.6) is 0 Å². The lowest BCUT2D eigenvalue weighted by atomic mass is 10.3. The van der Waals surface area contributed by atoms with Gasteiger partial charge in [0.2, 0.25) is 0 Å². The lowest BCUT2D eigenvalue weighted by Crippen LogP contribution is -2.42. The summed E-state index contributed by atoms with van der Waals surface area (Å²) >= 11 is 0. The SMILES string of the molecule is O=c1[nH]c2cnccc2n1CC1Nc2cccnc2N1CCCF. The zero-order valence-electron chi connectivity index (χ0n) is 12.9. The number of aromatic nitrogens is 4. The number of halogens is 1. The van der Waals surface area contributed by atoms with Crippen LogP contribution in [-0.2, 0) is 6.54 Å². The van der Waals surface area contributed by atoms with Crippen LogP contribution in [0.2, 0.25) is 0 Å². The van der Waals surface area contributed by atoms with Crippen molar-refractivity contribution in [3.05, 3.63) is 47.3 Å². The van der Waals surface area contributed by atoms with Gasteiger partial charge in [0.15, 0.2) is 5.82 Å². The van der Waals surface area contributed by atoms with E-state index in [9.17, 15) is 9.18 Å². The summed E-state index contributed by atoms with van der Waals surface area (Å²) in [5.41, 5.74) is 2.21. The molecule has 2 N–H and O–H groups in total. The zero-order valence-corrected chi connectivity index (χ0v) is 12.9. The minimum absolute atomic E-state index is 0.161. The zero-order chi connectivity index (χ0) is 16.5. The van der Waals surface area contributed by atoms with E-state index < -0.39 is 0 Å². The number of pyridine rings is 2. The van der Waals surface area contributed by atoms with Gasteiger partial charge in [-0.05, 0) is 24.6 Å². The fraction of sp³-hybridized carbons (Fsp3) is 0.312. The molecule has 0 saturated carbocycles. The van der Waals surface area contributed by atoms with Crippen molar-refractivity contribution in [3.8, 4) is 0 Å². The Morgan fingerprint density at radius 3 is 3.08 bits per heavy atom. The number of nitrogens with one attached hydrogen (secondary N) is 2. The first kappa shape index (κ1) is 14.7. The summed E-state index contributed by atoms with van der Waals surface area (Å²) in [7, 11) is 0. The van der Waals surface area contributed by atoms with Crippen LogP contribution in [0.3, 0.4) is 0 Å². The molecule has 0 aliphatic carbocycles. The number of fused-ring (bicyclic) bond motifs is 2. The summed E-state index contributed by atoms with van der Waals surface area (Å²) in [6.07, 6.45) is 5.26. The molecule has 3 aromatic rings. The Hall–Kier alpha value is -2.90. The summed E-state index contributed by atoms with van der Waals surface area (Å²) < 4.78 is 14.3. The van der Waals surface area contributed by atoms with E-state index in [1.54, 1.807) is 29.2 Å². The topological polar surface area (TPSA) is 78.8 Å². The average molecular weight is 328 g/mol. The highest BCUT2D eigenvalue weighted by molar-refractivity contribution is 5.74. The highest BCUT2D eigenvalue weighted by Crippen LogP contribution is 2.32. The van der Waals surface area contributed by atoms with E-state index in [0.29, 0.717) is 25.0 Å². The number of rotatable bonds is 5. The minimum Gasteiger partial charge on any atom is -0.361 e. The van der Waals surface area contributed by atoms with Gasteiger partial charge in [-0.15, -0.1) is 0 Å². The molecular weight excluding hydrogens is 311 g/mol. The van der Waals surface area contributed by atoms with Crippen LogP contribution in [0.25, 0.3) is 11.0 Å². The second-order valence-electron chi connectivity index (χ2n) is 5.70. The van der Waals surface area contributed by atoms with Gasteiger partial charge in [-0.3, -0.25) is 13.9 Å². The van der Waals surface area contributed by atoms with Gasteiger partial charge in [0.25, 0.3) is 0 Å². The van der Waals surface area contributed by atoms with E-state index in [1.807, 2.05) is 17.0 Å². The molecule has 0 radical (unpaired) electrons. The number of anilines is 2. The van der Waals surface area contributed by atoms with Crippen LogP contribution in [0.15, 0.2) is 41.6 Å². The van der Waals surface area contributed by atoms with Gasteiger partial charge in [-0.2, -0.15) is 0 Å². The Morgan fingerprint density at radius 1 is 1.29 bits per heavy atom. The third kappa shape index (κ3) is 2.40. The second-order valence-corrected chi connectivity index (χ2v) is 5.70. The van der Waals surface area contributed by atoms with Gasteiger partial charge in [0.05, 0.1) is 36.1 Å². The molecule has 0 bridgehead atoms. The summed E-state index contributed by atoms with van der Waals surface area (Å²) in [4.78, 5) is 25.5. The summed E-state index contributed by atoms with van der Waals surface area (Å²) in [6.45, 7) is 0.576. The number of nitrogens with zero attached hydrogens (tertiary/aromatic N) is 4. The minimum atomic E-state index is -0.385. The Bertz CT molecular complexity index is 920. The molecule has 3 aromatic heterocycles. The maximum atomic E-state index is 12.7. The highest BCUT2D eigenvalue weighted by atomic mass is 19.1. The van der Waals surface area contributed by atoms with E-state index >= 15 is 0 Å². The van der Waals surface area contributed by atoms with Crippen molar-refractivity contribution < 1.29 is 4.39 Å². The summed E-state index contributed by atoms with van der Waals surface area (Å²) in [6, 6.07) is 5.59. The normalized spacial score (nSPS) is 16.4. The number of hydrogen-bond donors (Lipinski definition) is 2. The van der Waals surface area contributed by atoms with Crippen molar-refractivity contribution >= 4 is 22.5 Å². The van der Waals surface area contributed by atoms with Crippen molar-refractivity contribution in [3.63, 3.8) is 0 Å². The number of alkyl halides is 1. The smallest absolute Gasteiger partial charge is 0.326 e. The van der Waals surface area contributed by atoms with Crippen LogP contribution in [-0.4, -0.2) is 38.9 Å². The fourth-order valence-corrected chi connectivity index (χ4v) is 3.14. The average Bonchev–Trinajstić information content (AvgIpc) is 3.11. The molecule has 4 heterocycles. The van der Waals surface area contributed by atoms with Crippen molar-refractivity contribution in [1.82, 2.24) is 19.5 Å². The van der Waals surface area contributed by atoms with Crippen LogP contribution < -0.4 is 15.9 Å². The Kier molecular flexibility index (Phi) is 3.64. The fourth-order valence-electron chi connectivity index (χ4n) is 3.14. The predicted octanol–water partition coefficient (Wildman–Crippen LogP) is 1.74. The van der Waals surface area contributed by atoms with E-state index in [1.165, 1.54) is 0 Å². The van der Waals surface area contributed by atoms with Crippen molar-refractivity contribution in [2.45, 2.75) is 19.1 Å². The standard InChI is InChI=1S/C16H17FN6O/c17-5-2-8-22-14(20-11-3-1-6-19-15(11)22)10-23-13-4-7-18-9-12(13)21-16(23)24/h1,3-4,6-7,9,14,20H,2,5,8,10H2,(H,21,24). The molecule has 0 aromatic carbocycles. The van der Waals surface area contributed by atoms with Crippen molar-refractivity contribution in [1.29, 1.82) is 0 Å². The lowest BCUT2D eigenvalue weighted by molar-refractivity contribution is 0.459. The van der Waals surface area contributed by atoms with Crippen molar-refractivity contribution in [2.24, 2.45) is 0 Å². The van der Waals surface area contributed by atoms with Crippen LogP contribution >= 0.6 is 0 Å². The molecule has 7 nitrogen and oxygen atoms in total. The van der Waals surface area contributed by atoms with E-state index in [4.69, 9.17) is 0 Å².